The number of thiophene rings is 2. The summed E-state index contributed by atoms with van der Waals surface area (Å²) in [6.45, 7) is 28.3. The fraction of sp³-hybridized carbons (Fsp3) is 0.756. The zero-order valence-electron chi connectivity index (χ0n) is 32.0. The molecule has 4 heterocycles. The molecular formula is C41H66N2OS3. The molecule has 0 bridgehead atoms. The maximum Gasteiger partial charge on any atom is 0.140 e. The standard InChI is InChI=1S/C41H66N2OS3/c1-27(2)15-13-17-29(5)19-21-41(22-20-30(6)18-14-16-28(3)4)32-23-31(24-33-34(43-47-42-33)26-39(7,8)9)45-37(32)38-35(44-41)25-36(46-38)40(10,11)12/h23,25,27-30H,13-22,24,26H2,1-12H3. The van der Waals surface area contributed by atoms with Crippen LogP contribution in [0.25, 0.3) is 9.75 Å². The molecule has 2 unspecified atom stereocenters. The molecule has 3 nitrogen and oxygen atoms in total. The molecule has 0 saturated heterocycles. The van der Waals surface area contributed by atoms with Crippen molar-refractivity contribution in [2.45, 2.75) is 171 Å². The molecule has 0 N–H and O–H groups in total. The highest BCUT2D eigenvalue weighted by atomic mass is 32.1. The van der Waals surface area contributed by atoms with E-state index < -0.39 is 0 Å². The van der Waals surface area contributed by atoms with Crippen LogP contribution < -0.4 is 4.74 Å². The second-order valence-electron chi connectivity index (χ2n) is 18.1. The number of aromatic nitrogens is 2. The molecule has 6 heteroatoms. The minimum absolute atomic E-state index is 0.0955. The molecule has 47 heavy (non-hydrogen) atoms. The molecule has 0 fully saturated rings. The fourth-order valence-electron chi connectivity index (χ4n) is 6.93. The summed E-state index contributed by atoms with van der Waals surface area (Å²) < 4.78 is 17.0. The van der Waals surface area contributed by atoms with E-state index in [2.05, 4.69) is 95.2 Å². The minimum Gasteiger partial charge on any atom is -0.481 e. The van der Waals surface area contributed by atoms with Crippen LogP contribution in [0.3, 0.4) is 0 Å². The molecular weight excluding hydrogens is 633 g/mol. The van der Waals surface area contributed by atoms with Crippen LogP contribution in [-0.4, -0.2) is 8.75 Å². The predicted molar refractivity (Wildman–Crippen MR) is 209 cm³/mol. The molecule has 0 aromatic carbocycles. The van der Waals surface area contributed by atoms with Crippen molar-refractivity contribution in [1.29, 1.82) is 0 Å². The molecule has 4 rings (SSSR count). The van der Waals surface area contributed by atoms with Gasteiger partial charge in [-0.25, -0.2) is 0 Å². The first-order valence-electron chi connectivity index (χ1n) is 18.7. The summed E-state index contributed by atoms with van der Waals surface area (Å²) >= 11 is 5.33. The molecule has 0 saturated carbocycles. The van der Waals surface area contributed by atoms with Gasteiger partial charge in [0, 0.05) is 21.7 Å². The molecule has 2 atom stereocenters. The minimum atomic E-state index is -0.277. The molecule has 0 spiro atoms. The zero-order valence-corrected chi connectivity index (χ0v) is 34.4. The van der Waals surface area contributed by atoms with Gasteiger partial charge >= 0.3 is 0 Å². The van der Waals surface area contributed by atoms with Crippen LogP contribution in [0.2, 0.25) is 0 Å². The lowest BCUT2D eigenvalue weighted by Crippen LogP contribution is -2.36. The van der Waals surface area contributed by atoms with Gasteiger partial charge in [0.05, 0.1) is 32.9 Å². The van der Waals surface area contributed by atoms with Crippen molar-refractivity contribution in [2.24, 2.45) is 29.1 Å². The van der Waals surface area contributed by atoms with E-state index in [0.717, 1.165) is 49.0 Å². The smallest absolute Gasteiger partial charge is 0.140 e. The maximum absolute atomic E-state index is 7.44. The maximum atomic E-state index is 7.44. The van der Waals surface area contributed by atoms with Crippen molar-refractivity contribution in [2.75, 3.05) is 0 Å². The van der Waals surface area contributed by atoms with Gasteiger partial charge in [-0.15, -0.1) is 22.7 Å². The predicted octanol–water partition coefficient (Wildman–Crippen LogP) is 13.9. The quantitative estimate of drug-likeness (QED) is 0.141. The molecule has 0 radical (unpaired) electrons. The summed E-state index contributed by atoms with van der Waals surface area (Å²) in [5.74, 6) is 4.10. The molecule has 0 amide bonds. The molecule has 1 aliphatic rings. The first-order valence-corrected chi connectivity index (χ1v) is 21.1. The van der Waals surface area contributed by atoms with Crippen molar-refractivity contribution >= 4 is 34.4 Å². The zero-order chi connectivity index (χ0) is 34.6. The highest BCUT2D eigenvalue weighted by Crippen LogP contribution is 2.57. The Hall–Kier alpha value is -1.24. The molecule has 3 aromatic heterocycles. The topological polar surface area (TPSA) is 35.0 Å². The first-order chi connectivity index (χ1) is 22.0. The summed E-state index contributed by atoms with van der Waals surface area (Å²) in [6.07, 6.45) is 14.4. The Morgan fingerprint density at radius 2 is 1.28 bits per heavy atom. The van der Waals surface area contributed by atoms with Gasteiger partial charge < -0.3 is 4.74 Å². The summed E-state index contributed by atoms with van der Waals surface area (Å²) in [7, 11) is 0. The van der Waals surface area contributed by atoms with E-state index in [1.54, 1.807) is 0 Å². The summed E-state index contributed by atoms with van der Waals surface area (Å²) in [4.78, 5) is 5.62. The van der Waals surface area contributed by atoms with E-state index in [9.17, 15) is 0 Å². The van der Waals surface area contributed by atoms with Crippen LogP contribution in [0.4, 0.5) is 0 Å². The second-order valence-corrected chi connectivity index (χ2v) is 20.8. The lowest BCUT2D eigenvalue weighted by molar-refractivity contribution is 0.0322. The van der Waals surface area contributed by atoms with Gasteiger partial charge in [0.1, 0.15) is 11.4 Å². The number of fused-ring (bicyclic) bond motifs is 3. The van der Waals surface area contributed by atoms with Crippen LogP contribution in [-0.2, 0) is 23.9 Å². The SMILES string of the molecule is CC(C)CCCC(C)CCC1(CCC(C)CCCC(C)C)Oc2cc(C(C)(C)C)sc2-c2sc(Cc3nsnc3CC(C)(C)C)cc21. The summed E-state index contributed by atoms with van der Waals surface area (Å²) in [6, 6.07) is 4.92. The van der Waals surface area contributed by atoms with Crippen LogP contribution in [0.15, 0.2) is 12.1 Å². The lowest BCUT2D eigenvalue weighted by Gasteiger charge is -2.39. The normalized spacial score (nSPS) is 18.0. The van der Waals surface area contributed by atoms with E-state index in [-0.39, 0.29) is 16.4 Å². The average Bonchev–Trinajstić information content (AvgIpc) is 3.68. The fourth-order valence-corrected chi connectivity index (χ4v) is 10.1. The monoisotopic (exact) mass is 698 g/mol. The molecule has 264 valence electrons. The Labute approximate surface area is 301 Å². The third-order valence-electron chi connectivity index (χ3n) is 9.94. The van der Waals surface area contributed by atoms with E-state index in [0.29, 0.717) is 11.8 Å². The summed E-state index contributed by atoms with van der Waals surface area (Å²) in [5, 5.41) is 0. The number of rotatable bonds is 17. The Bertz CT molecular complexity index is 1370. The van der Waals surface area contributed by atoms with Crippen LogP contribution in [0.1, 0.15) is 174 Å². The highest BCUT2D eigenvalue weighted by molar-refractivity contribution is 7.22. The van der Waals surface area contributed by atoms with Crippen molar-refractivity contribution in [3.05, 3.63) is 38.8 Å². The van der Waals surface area contributed by atoms with Gasteiger partial charge in [-0.1, -0.05) is 122 Å². The number of hydrogen-bond acceptors (Lipinski definition) is 6. The Morgan fingerprint density at radius 1 is 0.702 bits per heavy atom. The Morgan fingerprint density at radius 3 is 1.81 bits per heavy atom. The number of hydrogen-bond donors (Lipinski definition) is 0. The van der Waals surface area contributed by atoms with Gasteiger partial charge in [-0.3, -0.25) is 0 Å². The van der Waals surface area contributed by atoms with Crippen molar-refractivity contribution in [1.82, 2.24) is 8.75 Å². The molecule has 3 aromatic rings. The van der Waals surface area contributed by atoms with E-state index in [1.165, 1.54) is 93.9 Å². The van der Waals surface area contributed by atoms with E-state index in [4.69, 9.17) is 13.5 Å². The van der Waals surface area contributed by atoms with E-state index >= 15 is 0 Å². The van der Waals surface area contributed by atoms with Crippen molar-refractivity contribution in [3.63, 3.8) is 0 Å². The van der Waals surface area contributed by atoms with Gasteiger partial charge in [0.2, 0.25) is 0 Å². The van der Waals surface area contributed by atoms with Gasteiger partial charge in [-0.2, -0.15) is 8.75 Å². The Balaban J connectivity index is 1.71. The third-order valence-corrected chi connectivity index (χ3v) is 13.4. The van der Waals surface area contributed by atoms with Crippen LogP contribution in [0.5, 0.6) is 5.75 Å². The second kappa shape index (κ2) is 16.2. The number of nitrogens with zero attached hydrogens (tertiary/aromatic N) is 2. The van der Waals surface area contributed by atoms with E-state index in [1.807, 2.05) is 22.7 Å². The first kappa shape index (κ1) is 38.6. The largest absolute Gasteiger partial charge is 0.481 e. The van der Waals surface area contributed by atoms with Gasteiger partial charge in [-0.05, 0) is 78.7 Å². The van der Waals surface area contributed by atoms with Crippen LogP contribution in [0, 0.1) is 29.1 Å². The summed E-state index contributed by atoms with van der Waals surface area (Å²) in [5.41, 5.74) is 3.80. The Kier molecular flexibility index (Phi) is 13.3. The molecule has 0 aliphatic carbocycles. The van der Waals surface area contributed by atoms with Crippen molar-refractivity contribution in [3.8, 4) is 15.5 Å². The van der Waals surface area contributed by atoms with Gasteiger partial charge in [0.15, 0.2) is 0 Å². The van der Waals surface area contributed by atoms with Gasteiger partial charge in [0.25, 0.3) is 0 Å². The molecule has 1 aliphatic heterocycles. The number of ether oxygens (including phenoxy) is 1. The highest BCUT2D eigenvalue weighted by Gasteiger charge is 2.44. The van der Waals surface area contributed by atoms with Crippen LogP contribution >= 0.6 is 34.4 Å². The van der Waals surface area contributed by atoms with Crippen molar-refractivity contribution < 1.29 is 4.74 Å². The average molecular weight is 699 g/mol. The lowest BCUT2D eigenvalue weighted by atomic mass is 9.78. The third kappa shape index (κ3) is 10.9.